The van der Waals surface area contributed by atoms with Gasteiger partial charge in [-0.2, -0.15) is 0 Å². The Kier molecular flexibility index (Phi) is 4.81. The number of benzene rings is 1. The molecule has 3 aromatic rings. The fourth-order valence-electron chi connectivity index (χ4n) is 2.13. The number of carbonyl (C=O) groups is 2. The van der Waals surface area contributed by atoms with Gasteiger partial charge in [-0.3, -0.25) is 19.3 Å². The summed E-state index contributed by atoms with van der Waals surface area (Å²) in [6, 6.07) is 12.3. The third-order valence-electron chi connectivity index (χ3n) is 3.34. The summed E-state index contributed by atoms with van der Waals surface area (Å²) in [6.07, 6.45) is 3.62. The largest absolute Gasteiger partial charge is 0.497 e. The van der Waals surface area contributed by atoms with Gasteiger partial charge in [-0.1, -0.05) is 17.8 Å². The molecule has 1 N–H and O–H groups in total. The highest BCUT2D eigenvalue weighted by atomic mass is 32.2. The highest BCUT2D eigenvalue weighted by Crippen LogP contribution is 2.18. The van der Waals surface area contributed by atoms with E-state index in [0.29, 0.717) is 16.5 Å². The van der Waals surface area contributed by atoms with E-state index in [0.717, 1.165) is 5.52 Å². The number of nitrogens with one attached hydrogen (secondary N) is 1. The maximum absolute atomic E-state index is 12.0. The van der Waals surface area contributed by atoms with E-state index in [1.807, 2.05) is 28.8 Å². The first-order valence-corrected chi connectivity index (χ1v) is 8.19. The van der Waals surface area contributed by atoms with Crippen LogP contribution in [0.3, 0.4) is 0 Å². The Morgan fingerprint density at radius 1 is 1.21 bits per heavy atom. The van der Waals surface area contributed by atoms with Gasteiger partial charge in [-0.05, 0) is 36.4 Å². The van der Waals surface area contributed by atoms with E-state index in [1.54, 1.807) is 37.6 Å². The Bertz CT molecular complexity index is 874. The van der Waals surface area contributed by atoms with Crippen molar-refractivity contribution in [1.82, 2.24) is 14.7 Å². The summed E-state index contributed by atoms with van der Waals surface area (Å²) in [6.45, 7) is 0. The molecule has 2 amide bonds. The predicted octanol–water partition coefficient (Wildman–Crippen LogP) is 2.39. The number of aromatic nitrogens is 2. The molecule has 0 aliphatic heterocycles. The van der Waals surface area contributed by atoms with Crippen molar-refractivity contribution >= 4 is 29.1 Å². The quantitative estimate of drug-likeness (QED) is 0.722. The normalized spacial score (nSPS) is 10.5. The fourth-order valence-corrected chi connectivity index (χ4v) is 2.90. The number of imide groups is 1. The minimum Gasteiger partial charge on any atom is -0.497 e. The van der Waals surface area contributed by atoms with Crippen molar-refractivity contribution in [2.45, 2.75) is 5.16 Å². The molecule has 0 radical (unpaired) electrons. The molecule has 122 valence electrons. The smallest absolute Gasteiger partial charge is 0.257 e. The van der Waals surface area contributed by atoms with Crippen molar-refractivity contribution in [2.24, 2.45) is 0 Å². The lowest BCUT2D eigenvalue weighted by molar-refractivity contribution is -0.117. The summed E-state index contributed by atoms with van der Waals surface area (Å²) in [5.74, 6) is -0.0417. The standard InChI is InChI=1S/C17H15N3O3S/c1-23-14-7-5-12(6-8-14)16(22)19-15(21)11-24-17-18-10-13-4-2-3-9-20(13)17/h2-10H,11H2,1H3,(H,19,21,22). The van der Waals surface area contributed by atoms with Crippen molar-refractivity contribution in [3.05, 3.63) is 60.4 Å². The van der Waals surface area contributed by atoms with Crippen molar-refractivity contribution in [1.29, 1.82) is 0 Å². The van der Waals surface area contributed by atoms with Crippen LogP contribution in [-0.4, -0.2) is 34.1 Å². The average molecular weight is 341 g/mol. The summed E-state index contributed by atoms with van der Waals surface area (Å²) in [4.78, 5) is 28.3. The zero-order valence-electron chi connectivity index (χ0n) is 12.9. The second-order valence-corrected chi connectivity index (χ2v) is 5.87. The number of carbonyl (C=O) groups excluding carboxylic acids is 2. The van der Waals surface area contributed by atoms with Gasteiger partial charge in [0, 0.05) is 11.8 Å². The van der Waals surface area contributed by atoms with Crippen LogP contribution >= 0.6 is 11.8 Å². The molecule has 1 aromatic carbocycles. The minimum atomic E-state index is -0.434. The number of fused-ring (bicyclic) bond motifs is 1. The molecule has 0 saturated heterocycles. The maximum Gasteiger partial charge on any atom is 0.257 e. The van der Waals surface area contributed by atoms with Crippen LogP contribution in [0.4, 0.5) is 0 Å². The number of ether oxygens (including phenoxy) is 1. The Morgan fingerprint density at radius 2 is 2.00 bits per heavy atom. The van der Waals surface area contributed by atoms with Crippen LogP contribution < -0.4 is 10.1 Å². The monoisotopic (exact) mass is 341 g/mol. The molecule has 2 aromatic heterocycles. The number of hydrogen-bond donors (Lipinski definition) is 1. The third kappa shape index (κ3) is 3.57. The van der Waals surface area contributed by atoms with E-state index in [9.17, 15) is 9.59 Å². The SMILES string of the molecule is COc1ccc(C(=O)NC(=O)CSc2ncc3ccccn23)cc1. The number of rotatable bonds is 5. The van der Waals surface area contributed by atoms with Gasteiger partial charge in [-0.15, -0.1) is 0 Å². The van der Waals surface area contributed by atoms with Crippen LogP contribution in [0.2, 0.25) is 0 Å². The lowest BCUT2D eigenvalue weighted by Crippen LogP contribution is -2.31. The van der Waals surface area contributed by atoms with E-state index in [1.165, 1.54) is 11.8 Å². The molecule has 0 spiro atoms. The van der Waals surface area contributed by atoms with Gasteiger partial charge in [0.25, 0.3) is 5.91 Å². The molecular weight excluding hydrogens is 326 g/mol. The van der Waals surface area contributed by atoms with E-state index >= 15 is 0 Å². The van der Waals surface area contributed by atoms with Crippen LogP contribution in [0.25, 0.3) is 5.52 Å². The lowest BCUT2D eigenvalue weighted by atomic mass is 10.2. The average Bonchev–Trinajstić information content (AvgIpc) is 3.03. The van der Waals surface area contributed by atoms with E-state index in [4.69, 9.17) is 4.74 Å². The Morgan fingerprint density at radius 3 is 2.75 bits per heavy atom. The molecule has 0 fully saturated rings. The van der Waals surface area contributed by atoms with Gasteiger partial charge in [-0.25, -0.2) is 4.98 Å². The van der Waals surface area contributed by atoms with Crippen molar-refractivity contribution in [3.63, 3.8) is 0 Å². The Balaban J connectivity index is 1.58. The van der Waals surface area contributed by atoms with Gasteiger partial charge >= 0.3 is 0 Å². The third-order valence-corrected chi connectivity index (χ3v) is 4.31. The highest BCUT2D eigenvalue weighted by molar-refractivity contribution is 7.99. The number of methoxy groups -OCH3 is 1. The van der Waals surface area contributed by atoms with Crippen LogP contribution in [-0.2, 0) is 4.79 Å². The van der Waals surface area contributed by atoms with E-state index in [-0.39, 0.29) is 11.7 Å². The van der Waals surface area contributed by atoms with Crippen LogP contribution in [0.15, 0.2) is 60.0 Å². The van der Waals surface area contributed by atoms with Gasteiger partial charge < -0.3 is 4.74 Å². The molecular formula is C17H15N3O3S. The second-order valence-electron chi connectivity index (χ2n) is 4.93. The summed E-state index contributed by atoms with van der Waals surface area (Å²) in [5.41, 5.74) is 1.36. The number of nitrogens with zero attached hydrogens (tertiary/aromatic N) is 2. The molecule has 0 saturated carbocycles. The number of thioether (sulfide) groups is 1. The topological polar surface area (TPSA) is 72.7 Å². The highest BCUT2D eigenvalue weighted by Gasteiger charge is 2.12. The molecule has 0 aliphatic rings. The molecule has 24 heavy (non-hydrogen) atoms. The Labute approximate surface area is 142 Å². The summed E-state index contributed by atoms with van der Waals surface area (Å²) in [7, 11) is 1.55. The second kappa shape index (κ2) is 7.18. The number of hydrogen-bond acceptors (Lipinski definition) is 5. The molecule has 0 aliphatic carbocycles. The van der Waals surface area contributed by atoms with E-state index in [2.05, 4.69) is 10.3 Å². The van der Waals surface area contributed by atoms with E-state index < -0.39 is 5.91 Å². The summed E-state index contributed by atoms with van der Waals surface area (Å²) >= 11 is 1.28. The zero-order chi connectivity index (χ0) is 16.9. The molecule has 0 bridgehead atoms. The van der Waals surface area contributed by atoms with Gasteiger partial charge in [0.2, 0.25) is 5.91 Å². The number of amides is 2. The molecule has 3 rings (SSSR count). The van der Waals surface area contributed by atoms with Crippen molar-refractivity contribution in [3.8, 4) is 5.75 Å². The maximum atomic E-state index is 12.0. The van der Waals surface area contributed by atoms with Crippen LogP contribution in [0, 0.1) is 0 Å². The summed E-state index contributed by atoms with van der Waals surface area (Å²) in [5, 5.41) is 3.07. The molecule has 2 heterocycles. The molecule has 7 heteroatoms. The zero-order valence-corrected chi connectivity index (χ0v) is 13.7. The first-order valence-electron chi connectivity index (χ1n) is 7.20. The molecule has 0 atom stereocenters. The lowest BCUT2D eigenvalue weighted by Gasteiger charge is -2.05. The van der Waals surface area contributed by atoms with Crippen LogP contribution in [0.1, 0.15) is 10.4 Å². The number of pyridine rings is 1. The first-order chi connectivity index (χ1) is 11.7. The predicted molar refractivity (Wildman–Crippen MR) is 91.4 cm³/mol. The molecule has 0 unspecified atom stereocenters. The van der Waals surface area contributed by atoms with Gasteiger partial charge in [0.05, 0.1) is 24.6 Å². The van der Waals surface area contributed by atoms with Gasteiger partial charge in [0.1, 0.15) is 5.75 Å². The van der Waals surface area contributed by atoms with Crippen molar-refractivity contribution in [2.75, 3.05) is 12.9 Å². The van der Waals surface area contributed by atoms with Crippen LogP contribution in [0.5, 0.6) is 5.75 Å². The minimum absolute atomic E-state index is 0.107. The van der Waals surface area contributed by atoms with Crippen molar-refractivity contribution < 1.29 is 14.3 Å². The summed E-state index contributed by atoms with van der Waals surface area (Å²) < 4.78 is 6.93. The number of imidazole rings is 1. The fraction of sp³-hybridized carbons (Fsp3) is 0.118. The van der Waals surface area contributed by atoms with Gasteiger partial charge in [0.15, 0.2) is 5.16 Å². The Hall–Kier alpha value is -2.80. The molecule has 6 nitrogen and oxygen atoms in total. The first kappa shape index (κ1) is 16.1.